The standard InChI is InChI=1S/C20H26N2O3S/c1-15-10-6-8-12-17(15)21-19(23)14-22(26(5,24)25)18-13-9-7-11-16(18)20(2,3)4/h6-13H,14H2,1-5H3,(H,21,23). The van der Waals surface area contributed by atoms with E-state index >= 15 is 0 Å². The third kappa shape index (κ3) is 4.85. The summed E-state index contributed by atoms with van der Waals surface area (Å²) in [5.74, 6) is -0.381. The van der Waals surface area contributed by atoms with E-state index in [1.807, 2.05) is 58.0 Å². The molecule has 2 aromatic carbocycles. The summed E-state index contributed by atoms with van der Waals surface area (Å²) in [6.07, 6.45) is 1.12. The molecule has 2 aromatic rings. The molecule has 0 aliphatic rings. The number of benzene rings is 2. The SMILES string of the molecule is Cc1ccccc1NC(=O)CN(c1ccccc1C(C)(C)C)S(C)(=O)=O. The number of rotatable bonds is 5. The fourth-order valence-electron chi connectivity index (χ4n) is 2.74. The van der Waals surface area contributed by atoms with Crippen LogP contribution in [0.15, 0.2) is 48.5 Å². The fraction of sp³-hybridized carbons (Fsp3) is 0.350. The molecular weight excluding hydrogens is 348 g/mol. The Bertz CT molecular complexity index is 899. The number of carbonyl (C=O) groups excluding carboxylic acids is 1. The predicted molar refractivity (Wildman–Crippen MR) is 107 cm³/mol. The molecule has 2 rings (SSSR count). The molecule has 26 heavy (non-hydrogen) atoms. The first-order chi connectivity index (χ1) is 12.0. The molecule has 1 amide bonds. The monoisotopic (exact) mass is 374 g/mol. The second kappa shape index (κ2) is 7.50. The Morgan fingerprint density at radius 2 is 1.62 bits per heavy atom. The Labute approximate surface area is 156 Å². The van der Waals surface area contributed by atoms with Crippen molar-refractivity contribution in [1.82, 2.24) is 0 Å². The molecular formula is C20H26N2O3S. The molecule has 0 bridgehead atoms. The van der Waals surface area contributed by atoms with Crippen LogP contribution in [0.25, 0.3) is 0 Å². The van der Waals surface area contributed by atoms with E-state index in [4.69, 9.17) is 0 Å². The van der Waals surface area contributed by atoms with Gasteiger partial charge in [-0.15, -0.1) is 0 Å². The van der Waals surface area contributed by atoms with Crippen LogP contribution >= 0.6 is 0 Å². The van der Waals surface area contributed by atoms with E-state index < -0.39 is 10.0 Å². The largest absolute Gasteiger partial charge is 0.324 e. The zero-order valence-electron chi connectivity index (χ0n) is 15.9. The minimum absolute atomic E-state index is 0.258. The Morgan fingerprint density at radius 1 is 1.04 bits per heavy atom. The summed E-state index contributed by atoms with van der Waals surface area (Å²) >= 11 is 0. The van der Waals surface area contributed by atoms with Crippen molar-refractivity contribution in [3.8, 4) is 0 Å². The number of carbonyl (C=O) groups is 1. The molecule has 5 nitrogen and oxygen atoms in total. The quantitative estimate of drug-likeness (QED) is 0.868. The molecule has 0 heterocycles. The molecule has 0 saturated carbocycles. The summed E-state index contributed by atoms with van der Waals surface area (Å²) in [4.78, 5) is 12.5. The second-order valence-electron chi connectivity index (χ2n) is 7.40. The minimum atomic E-state index is -3.63. The van der Waals surface area contributed by atoms with E-state index in [1.54, 1.807) is 18.2 Å². The van der Waals surface area contributed by atoms with Crippen molar-refractivity contribution in [1.29, 1.82) is 0 Å². The van der Waals surface area contributed by atoms with Gasteiger partial charge in [0.05, 0.1) is 11.9 Å². The number of para-hydroxylation sites is 2. The van der Waals surface area contributed by atoms with Gasteiger partial charge in [0.15, 0.2) is 0 Å². The van der Waals surface area contributed by atoms with Crippen LogP contribution in [0, 0.1) is 6.92 Å². The minimum Gasteiger partial charge on any atom is -0.324 e. The molecule has 0 radical (unpaired) electrons. The van der Waals surface area contributed by atoms with Gasteiger partial charge in [-0.25, -0.2) is 8.42 Å². The molecule has 0 aliphatic heterocycles. The lowest BCUT2D eigenvalue weighted by Crippen LogP contribution is -2.38. The van der Waals surface area contributed by atoms with E-state index in [1.165, 1.54) is 4.31 Å². The van der Waals surface area contributed by atoms with E-state index in [-0.39, 0.29) is 17.9 Å². The number of sulfonamides is 1. The van der Waals surface area contributed by atoms with Gasteiger partial charge in [0, 0.05) is 5.69 Å². The van der Waals surface area contributed by atoms with Gasteiger partial charge in [-0.2, -0.15) is 0 Å². The zero-order chi connectivity index (χ0) is 19.5. The van der Waals surface area contributed by atoms with Gasteiger partial charge in [0.25, 0.3) is 0 Å². The van der Waals surface area contributed by atoms with Crippen molar-refractivity contribution in [2.75, 3.05) is 22.4 Å². The number of hydrogen-bond donors (Lipinski definition) is 1. The fourth-order valence-corrected chi connectivity index (χ4v) is 3.61. The molecule has 0 aromatic heterocycles. The van der Waals surface area contributed by atoms with E-state index in [2.05, 4.69) is 5.32 Å². The van der Waals surface area contributed by atoms with E-state index in [0.717, 1.165) is 17.4 Å². The summed E-state index contributed by atoms with van der Waals surface area (Å²) in [5.41, 5.74) is 2.74. The maximum Gasteiger partial charge on any atom is 0.245 e. The van der Waals surface area contributed by atoms with Gasteiger partial charge >= 0.3 is 0 Å². The van der Waals surface area contributed by atoms with Crippen LogP contribution in [0.4, 0.5) is 11.4 Å². The van der Waals surface area contributed by atoms with Gasteiger partial charge in [0.1, 0.15) is 6.54 Å². The van der Waals surface area contributed by atoms with Gasteiger partial charge < -0.3 is 5.32 Å². The van der Waals surface area contributed by atoms with E-state index in [0.29, 0.717) is 11.4 Å². The third-order valence-electron chi connectivity index (χ3n) is 4.09. The Morgan fingerprint density at radius 3 is 2.19 bits per heavy atom. The summed E-state index contributed by atoms with van der Waals surface area (Å²) in [5, 5.41) is 2.80. The highest BCUT2D eigenvalue weighted by molar-refractivity contribution is 7.92. The Hall–Kier alpha value is -2.34. The van der Waals surface area contributed by atoms with Crippen molar-refractivity contribution in [3.05, 3.63) is 59.7 Å². The third-order valence-corrected chi connectivity index (χ3v) is 5.21. The topological polar surface area (TPSA) is 66.5 Å². The smallest absolute Gasteiger partial charge is 0.245 e. The average Bonchev–Trinajstić information content (AvgIpc) is 2.53. The first-order valence-corrected chi connectivity index (χ1v) is 10.3. The lowest BCUT2D eigenvalue weighted by Gasteiger charge is -2.29. The van der Waals surface area contributed by atoms with Crippen LogP contribution in [0.1, 0.15) is 31.9 Å². The number of hydrogen-bond acceptors (Lipinski definition) is 3. The normalized spacial score (nSPS) is 11.9. The average molecular weight is 375 g/mol. The van der Waals surface area contributed by atoms with Crippen molar-refractivity contribution in [2.45, 2.75) is 33.1 Å². The molecule has 0 fully saturated rings. The van der Waals surface area contributed by atoms with Crippen molar-refractivity contribution < 1.29 is 13.2 Å². The molecule has 6 heteroatoms. The number of amides is 1. The lowest BCUT2D eigenvalue weighted by atomic mass is 9.86. The summed E-state index contributed by atoms with van der Waals surface area (Å²) in [6, 6.07) is 14.7. The Kier molecular flexibility index (Phi) is 5.76. The highest BCUT2D eigenvalue weighted by atomic mass is 32.2. The van der Waals surface area contributed by atoms with Gasteiger partial charge in [0.2, 0.25) is 15.9 Å². The maximum atomic E-state index is 12.5. The summed E-state index contributed by atoms with van der Waals surface area (Å²) in [6.45, 7) is 7.65. The molecule has 0 unspecified atom stereocenters. The molecule has 0 aliphatic carbocycles. The second-order valence-corrected chi connectivity index (χ2v) is 9.31. The van der Waals surface area contributed by atoms with Crippen molar-refractivity contribution in [2.24, 2.45) is 0 Å². The van der Waals surface area contributed by atoms with E-state index in [9.17, 15) is 13.2 Å². The molecule has 140 valence electrons. The van der Waals surface area contributed by atoms with Crippen LogP contribution < -0.4 is 9.62 Å². The van der Waals surface area contributed by atoms with Gasteiger partial charge in [-0.3, -0.25) is 9.10 Å². The van der Waals surface area contributed by atoms with Crippen LogP contribution in [-0.4, -0.2) is 27.1 Å². The lowest BCUT2D eigenvalue weighted by molar-refractivity contribution is -0.114. The van der Waals surface area contributed by atoms with Crippen molar-refractivity contribution >= 4 is 27.3 Å². The number of nitrogens with one attached hydrogen (secondary N) is 1. The molecule has 0 saturated heterocycles. The first kappa shape index (κ1) is 20.0. The predicted octanol–water partition coefficient (Wildman–Crippen LogP) is 3.70. The van der Waals surface area contributed by atoms with Crippen molar-refractivity contribution in [3.63, 3.8) is 0 Å². The number of aryl methyl sites for hydroxylation is 1. The van der Waals surface area contributed by atoms with Crippen LogP contribution in [0.2, 0.25) is 0 Å². The molecule has 1 N–H and O–H groups in total. The van der Waals surface area contributed by atoms with Crippen LogP contribution in [-0.2, 0) is 20.2 Å². The molecule has 0 atom stereocenters. The maximum absolute atomic E-state index is 12.5. The van der Waals surface area contributed by atoms with Gasteiger partial charge in [-0.1, -0.05) is 57.2 Å². The summed E-state index contributed by atoms with van der Waals surface area (Å²) < 4.78 is 26.0. The van der Waals surface area contributed by atoms with Crippen LogP contribution in [0.3, 0.4) is 0 Å². The molecule has 0 spiro atoms. The number of anilines is 2. The highest BCUT2D eigenvalue weighted by Crippen LogP contribution is 2.33. The summed E-state index contributed by atoms with van der Waals surface area (Å²) in [7, 11) is -3.63. The first-order valence-electron chi connectivity index (χ1n) is 8.43. The van der Waals surface area contributed by atoms with Gasteiger partial charge in [-0.05, 0) is 35.6 Å². The highest BCUT2D eigenvalue weighted by Gasteiger charge is 2.27. The van der Waals surface area contributed by atoms with Crippen LogP contribution in [0.5, 0.6) is 0 Å². The number of nitrogens with zero attached hydrogens (tertiary/aromatic N) is 1. The zero-order valence-corrected chi connectivity index (χ0v) is 16.7. The Balaban J connectivity index is 2.36.